The van der Waals surface area contributed by atoms with Gasteiger partial charge in [0.15, 0.2) is 0 Å². The zero-order chi connectivity index (χ0) is 15.1. The number of ether oxygens (including phenoxy) is 1. The Morgan fingerprint density at radius 2 is 1.86 bits per heavy atom. The van der Waals surface area contributed by atoms with E-state index >= 15 is 0 Å². The molecule has 0 aliphatic rings. The first kappa shape index (κ1) is 15.2. The number of hydrogen-bond acceptors (Lipinski definition) is 4. The molecule has 0 spiro atoms. The molecular formula is C17H22N2O2. The van der Waals surface area contributed by atoms with E-state index in [4.69, 9.17) is 4.74 Å². The van der Waals surface area contributed by atoms with Crippen molar-refractivity contribution in [3.63, 3.8) is 0 Å². The van der Waals surface area contributed by atoms with Crippen molar-refractivity contribution in [3.05, 3.63) is 54.6 Å². The minimum Gasteiger partial charge on any atom is -0.491 e. The van der Waals surface area contributed by atoms with Crippen LogP contribution in [0.5, 0.6) is 5.75 Å². The second-order valence-electron chi connectivity index (χ2n) is 5.10. The van der Waals surface area contributed by atoms with E-state index in [1.165, 1.54) is 0 Å². The summed E-state index contributed by atoms with van der Waals surface area (Å²) >= 11 is 0. The largest absolute Gasteiger partial charge is 0.491 e. The van der Waals surface area contributed by atoms with Crippen molar-refractivity contribution in [3.8, 4) is 5.75 Å². The van der Waals surface area contributed by atoms with E-state index in [1.807, 2.05) is 73.6 Å². The van der Waals surface area contributed by atoms with Crippen molar-refractivity contribution in [1.82, 2.24) is 0 Å². The fourth-order valence-electron chi connectivity index (χ4n) is 1.90. The summed E-state index contributed by atoms with van der Waals surface area (Å²) < 4.78 is 5.52. The van der Waals surface area contributed by atoms with Gasteiger partial charge in [0, 0.05) is 32.0 Å². The number of nitrogens with zero attached hydrogens (tertiary/aromatic N) is 1. The van der Waals surface area contributed by atoms with Crippen LogP contribution >= 0.6 is 0 Å². The van der Waals surface area contributed by atoms with Gasteiger partial charge in [-0.25, -0.2) is 0 Å². The van der Waals surface area contributed by atoms with Crippen molar-refractivity contribution in [2.45, 2.75) is 6.10 Å². The summed E-state index contributed by atoms with van der Waals surface area (Å²) in [4.78, 5) is 2.04. The van der Waals surface area contributed by atoms with E-state index in [1.54, 1.807) is 0 Å². The predicted octanol–water partition coefficient (Wildman–Crippen LogP) is 2.60. The van der Waals surface area contributed by atoms with Crippen molar-refractivity contribution < 1.29 is 9.84 Å². The fourth-order valence-corrected chi connectivity index (χ4v) is 1.90. The summed E-state index contributed by atoms with van der Waals surface area (Å²) in [5.74, 6) is 0.770. The minimum atomic E-state index is -0.562. The molecule has 1 unspecified atom stereocenters. The first-order chi connectivity index (χ1) is 10.1. The lowest BCUT2D eigenvalue weighted by atomic mass is 10.2. The van der Waals surface area contributed by atoms with E-state index in [0.29, 0.717) is 6.54 Å². The Labute approximate surface area is 126 Å². The van der Waals surface area contributed by atoms with Crippen LogP contribution in [-0.4, -0.2) is 38.5 Å². The van der Waals surface area contributed by atoms with Gasteiger partial charge in [-0.1, -0.05) is 24.3 Å². The third kappa shape index (κ3) is 5.00. The van der Waals surface area contributed by atoms with Gasteiger partial charge < -0.3 is 20.1 Å². The van der Waals surface area contributed by atoms with Gasteiger partial charge in [-0.2, -0.15) is 0 Å². The van der Waals surface area contributed by atoms with Crippen LogP contribution in [0.15, 0.2) is 54.6 Å². The SMILES string of the molecule is CN(C)c1cccc(NCC(O)COc2ccccc2)c1. The summed E-state index contributed by atoms with van der Waals surface area (Å²) in [7, 11) is 4.00. The maximum Gasteiger partial charge on any atom is 0.119 e. The summed E-state index contributed by atoms with van der Waals surface area (Å²) in [6, 6.07) is 17.6. The van der Waals surface area contributed by atoms with E-state index in [2.05, 4.69) is 5.32 Å². The van der Waals surface area contributed by atoms with Crippen LogP contribution in [0.4, 0.5) is 11.4 Å². The minimum absolute atomic E-state index is 0.268. The number of hydrogen-bond donors (Lipinski definition) is 2. The number of benzene rings is 2. The molecule has 0 saturated carbocycles. The van der Waals surface area contributed by atoms with Gasteiger partial charge >= 0.3 is 0 Å². The molecule has 0 aromatic heterocycles. The third-order valence-corrected chi connectivity index (χ3v) is 3.09. The highest BCUT2D eigenvalue weighted by Gasteiger charge is 2.05. The van der Waals surface area contributed by atoms with Gasteiger partial charge in [-0.05, 0) is 30.3 Å². The van der Waals surface area contributed by atoms with Crippen LogP contribution in [0, 0.1) is 0 Å². The Balaban J connectivity index is 1.78. The van der Waals surface area contributed by atoms with Crippen LogP contribution in [0.3, 0.4) is 0 Å². The number of nitrogens with one attached hydrogen (secondary N) is 1. The topological polar surface area (TPSA) is 44.7 Å². The Morgan fingerprint density at radius 3 is 2.57 bits per heavy atom. The highest BCUT2D eigenvalue weighted by Crippen LogP contribution is 2.17. The Morgan fingerprint density at radius 1 is 1.10 bits per heavy atom. The molecule has 0 heterocycles. The average Bonchev–Trinajstić information content (AvgIpc) is 2.52. The molecule has 0 bridgehead atoms. The summed E-state index contributed by atoms with van der Waals surface area (Å²) in [5.41, 5.74) is 2.11. The second kappa shape index (κ2) is 7.55. The predicted molar refractivity (Wildman–Crippen MR) is 87.2 cm³/mol. The molecule has 0 aliphatic heterocycles. The molecule has 1 atom stereocenters. The van der Waals surface area contributed by atoms with E-state index in [9.17, 15) is 5.11 Å². The molecule has 0 aliphatic carbocycles. The van der Waals surface area contributed by atoms with Gasteiger partial charge in [0.2, 0.25) is 0 Å². The average molecular weight is 286 g/mol. The van der Waals surface area contributed by atoms with Gasteiger partial charge in [0.1, 0.15) is 18.5 Å². The summed E-state index contributed by atoms with van der Waals surface area (Å²) in [6.07, 6.45) is -0.562. The zero-order valence-corrected chi connectivity index (χ0v) is 12.5. The van der Waals surface area contributed by atoms with E-state index in [0.717, 1.165) is 17.1 Å². The molecule has 4 heteroatoms. The summed E-state index contributed by atoms with van der Waals surface area (Å²) in [6.45, 7) is 0.716. The molecule has 2 aromatic rings. The van der Waals surface area contributed by atoms with E-state index in [-0.39, 0.29) is 6.61 Å². The molecule has 0 saturated heterocycles. The fraction of sp³-hybridized carbons (Fsp3) is 0.294. The van der Waals surface area contributed by atoms with Crippen molar-refractivity contribution in [2.75, 3.05) is 37.5 Å². The first-order valence-electron chi connectivity index (χ1n) is 7.02. The van der Waals surface area contributed by atoms with Crippen LogP contribution in [0.25, 0.3) is 0 Å². The molecular weight excluding hydrogens is 264 g/mol. The van der Waals surface area contributed by atoms with Gasteiger partial charge in [-0.15, -0.1) is 0 Å². The standard InChI is InChI=1S/C17H22N2O2/c1-19(2)15-8-6-7-14(11-15)18-12-16(20)13-21-17-9-4-3-5-10-17/h3-11,16,18,20H,12-13H2,1-2H3. The molecule has 0 amide bonds. The molecule has 0 fully saturated rings. The van der Waals surface area contributed by atoms with Crippen molar-refractivity contribution in [2.24, 2.45) is 0 Å². The Bertz CT molecular complexity index is 543. The molecule has 112 valence electrons. The monoisotopic (exact) mass is 286 g/mol. The quantitative estimate of drug-likeness (QED) is 0.821. The molecule has 2 rings (SSSR count). The lowest BCUT2D eigenvalue weighted by Crippen LogP contribution is -2.26. The lowest BCUT2D eigenvalue weighted by molar-refractivity contribution is 0.117. The second-order valence-corrected chi connectivity index (χ2v) is 5.10. The lowest BCUT2D eigenvalue weighted by Gasteiger charge is -2.16. The molecule has 21 heavy (non-hydrogen) atoms. The summed E-state index contributed by atoms with van der Waals surface area (Å²) in [5, 5.41) is 13.2. The Kier molecular flexibility index (Phi) is 5.46. The van der Waals surface area contributed by atoms with E-state index < -0.39 is 6.10 Å². The normalized spacial score (nSPS) is 11.8. The van der Waals surface area contributed by atoms with Crippen molar-refractivity contribution in [1.29, 1.82) is 0 Å². The molecule has 0 radical (unpaired) electrons. The Hall–Kier alpha value is -2.20. The van der Waals surface area contributed by atoms with Gasteiger partial charge in [-0.3, -0.25) is 0 Å². The smallest absolute Gasteiger partial charge is 0.119 e. The van der Waals surface area contributed by atoms with Gasteiger partial charge in [0.25, 0.3) is 0 Å². The van der Waals surface area contributed by atoms with Crippen LogP contribution in [0.1, 0.15) is 0 Å². The van der Waals surface area contributed by atoms with Crippen LogP contribution in [0.2, 0.25) is 0 Å². The number of rotatable bonds is 7. The zero-order valence-electron chi connectivity index (χ0n) is 12.5. The number of para-hydroxylation sites is 1. The van der Waals surface area contributed by atoms with Gasteiger partial charge in [0.05, 0.1) is 0 Å². The number of anilines is 2. The van der Waals surface area contributed by atoms with Crippen LogP contribution in [-0.2, 0) is 0 Å². The highest BCUT2D eigenvalue weighted by atomic mass is 16.5. The molecule has 2 N–H and O–H groups in total. The van der Waals surface area contributed by atoms with Crippen molar-refractivity contribution >= 4 is 11.4 Å². The van der Waals surface area contributed by atoms with Crippen LogP contribution < -0.4 is 15.0 Å². The number of aliphatic hydroxyl groups is 1. The first-order valence-corrected chi connectivity index (χ1v) is 7.02. The molecule has 2 aromatic carbocycles. The maximum atomic E-state index is 9.95. The highest BCUT2D eigenvalue weighted by molar-refractivity contribution is 5.57. The third-order valence-electron chi connectivity index (χ3n) is 3.09. The number of aliphatic hydroxyl groups excluding tert-OH is 1. The maximum absolute atomic E-state index is 9.95. The molecule has 4 nitrogen and oxygen atoms in total.